The number of benzene rings is 2. The minimum atomic E-state index is -4.18. The number of hydrogen-bond acceptors (Lipinski definition) is 0. The Balaban J connectivity index is 2.43. The molecule has 0 fully saturated rings. The van der Waals surface area contributed by atoms with Crippen molar-refractivity contribution in [1.82, 2.24) is 0 Å². The van der Waals surface area contributed by atoms with Gasteiger partial charge in [0.25, 0.3) is 0 Å². The molecule has 92 valence electrons. The molecule has 2 aromatic carbocycles. The van der Waals surface area contributed by atoms with Crippen molar-refractivity contribution in [3.63, 3.8) is 0 Å². The van der Waals surface area contributed by atoms with Gasteiger partial charge in [-0.15, -0.1) is 0 Å². The number of alkyl halides is 4. The fourth-order valence-electron chi connectivity index (χ4n) is 2.32. The predicted molar refractivity (Wildman–Crippen MR) is 59.7 cm³/mol. The summed E-state index contributed by atoms with van der Waals surface area (Å²) in [6.45, 7) is 0. The van der Waals surface area contributed by atoms with Crippen molar-refractivity contribution < 1.29 is 17.6 Å². The lowest BCUT2D eigenvalue weighted by molar-refractivity contribution is -0.225. The summed E-state index contributed by atoms with van der Waals surface area (Å²) in [6, 6.07) is 10.8. The first-order valence-electron chi connectivity index (χ1n) is 5.41. The van der Waals surface area contributed by atoms with Gasteiger partial charge in [-0.3, -0.25) is 0 Å². The van der Waals surface area contributed by atoms with Crippen LogP contribution in [-0.2, 0) is 11.8 Å². The van der Waals surface area contributed by atoms with E-state index in [0.29, 0.717) is 0 Å². The van der Waals surface area contributed by atoms with Gasteiger partial charge in [-0.1, -0.05) is 48.5 Å². The summed E-state index contributed by atoms with van der Waals surface area (Å²) < 4.78 is 55.6. The van der Waals surface area contributed by atoms with E-state index < -0.39 is 23.0 Å². The average molecular weight is 252 g/mol. The summed E-state index contributed by atoms with van der Waals surface area (Å²) in [5, 5.41) is 0. The zero-order valence-electron chi connectivity index (χ0n) is 9.13. The molecule has 0 saturated carbocycles. The molecule has 0 aliphatic heterocycles. The standard InChI is InChI=1S/C14H8F4/c15-13(16)11-7-3-1-5-9(11)10-6-2-4-8-12(10)14(13,17)18/h1-8H. The van der Waals surface area contributed by atoms with Crippen molar-refractivity contribution in [1.29, 1.82) is 0 Å². The molecule has 0 N–H and O–H groups in total. The van der Waals surface area contributed by atoms with Crippen LogP contribution in [0.1, 0.15) is 11.1 Å². The van der Waals surface area contributed by atoms with Crippen molar-refractivity contribution >= 4 is 0 Å². The molecule has 2 aromatic rings. The second kappa shape index (κ2) is 3.34. The highest BCUT2D eigenvalue weighted by Gasteiger charge is 2.62. The molecule has 0 atom stereocenters. The molecule has 3 rings (SSSR count). The molecule has 0 heterocycles. The first-order chi connectivity index (χ1) is 8.46. The summed E-state index contributed by atoms with van der Waals surface area (Å²) in [7, 11) is 0. The monoisotopic (exact) mass is 252 g/mol. The van der Waals surface area contributed by atoms with Crippen LogP contribution in [0.5, 0.6) is 0 Å². The van der Waals surface area contributed by atoms with E-state index in [0.717, 1.165) is 12.1 Å². The van der Waals surface area contributed by atoms with E-state index >= 15 is 0 Å². The Bertz CT molecular complexity index is 561. The Hall–Kier alpha value is -1.84. The lowest BCUT2D eigenvalue weighted by Gasteiger charge is -2.34. The normalized spacial score (nSPS) is 18.9. The van der Waals surface area contributed by atoms with Crippen molar-refractivity contribution in [3.05, 3.63) is 59.7 Å². The van der Waals surface area contributed by atoms with Gasteiger partial charge in [0.2, 0.25) is 0 Å². The van der Waals surface area contributed by atoms with E-state index in [1.165, 1.54) is 24.3 Å². The molecule has 0 amide bonds. The first kappa shape index (κ1) is 11.3. The maximum atomic E-state index is 13.9. The van der Waals surface area contributed by atoms with Gasteiger partial charge < -0.3 is 0 Å². The fraction of sp³-hybridized carbons (Fsp3) is 0.143. The van der Waals surface area contributed by atoms with Gasteiger partial charge in [-0.2, -0.15) is 17.6 Å². The highest BCUT2D eigenvalue weighted by Crippen LogP contribution is 2.57. The van der Waals surface area contributed by atoms with E-state index in [9.17, 15) is 17.6 Å². The maximum Gasteiger partial charge on any atom is 0.340 e. The van der Waals surface area contributed by atoms with Gasteiger partial charge in [0.05, 0.1) is 0 Å². The van der Waals surface area contributed by atoms with Crippen LogP contribution in [0.4, 0.5) is 17.6 Å². The van der Waals surface area contributed by atoms with E-state index in [1.54, 1.807) is 12.1 Å². The van der Waals surface area contributed by atoms with Crippen LogP contribution in [0.25, 0.3) is 11.1 Å². The van der Waals surface area contributed by atoms with E-state index in [4.69, 9.17) is 0 Å². The quantitative estimate of drug-likeness (QED) is 0.603. The highest BCUT2D eigenvalue weighted by atomic mass is 19.3. The molecule has 0 aromatic heterocycles. The fourth-order valence-corrected chi connectivity index (χ4v) is 2.32. The van der Waals surface area contributed by atoms with Crippen LogP contribution in [0, 0.1) is 0 Å². The summed E-state index contributed by atoms with van der Waals surface area (Å²) in [5.74, 6) is -8.37. The molecular weight excluding hydrogens is 244 g/mol. The zero-order valence-corrected chi connectivity index (χ0v) is 9.13. The summed E-state index contributed by atoms with van der Waals surface area (Å²) >= 11 is 0. The van der Waals surface area contributed by atoms with E-state index in [-0.39, 0.29) is 11.1 Å². The summed E-state index contributed by atoms with van der Waals surface area (Å²) in [4.78, 5) is 0. The van der Waals surface area contributed by atoms with E-state index in [1.807, 2.05) is 0 Å². The van der Waals surface area contributed by atoms with Crippen molar-refractivity contribution in [2.75, 3.05) is 0 Å². The second-order valence-electron chi connectivity index (χ2n) is 4.24. The van der Waals surface area contributed by atoms with Crippen molar-refractivity contribution in [2.45, 2.75) is 11.8 Å². The van der Waals surface area contributed by atoms with E-state index in [2.05, 4.69) is 0 Å². The zero-order chi connectivity index (χ0) is 13.0. The smallest absolute Gasteiger partial charge is 0.194 e. The average Bonchev–Trinajstić information content (AvgIpc) is 2.37. The van der Waals surface area contributed by atoms with Gasteiger partial charge in [-0.05, 0) is 11.1 Å². The van der Waals surface area contributed by atoms with Crippen LogP contribution in [0.2, 0.25) is 0 Å². The van der Waals surface area contributed by atoms with Crippen molar-refractivity contribution in [2.24, 2.45) is 0 Å². The Morgan fingerprint density at radius 3 is 1.28 bits per heavy atom. The largest absolute Gasteiger partial charge is 0.340 e. The number of rotatable bonds is 0. The molecule has 18 heavy (non-hydrogen) atoms. The summed E-state index contributed by atoms with van der Waals surface area (Å²) in [6.07, 6.45) is 0. The molecule has 1 aliphatic carbocycles. The molecule has 0 saturated heterocycles. The Labute approximate surface area is 101 Å². The minimum Gasteiger partial charge on any atom is -0.194 e. The number of hydrogen-bond donors (Lipinski definition) is 0. The van der Waals surface area contributed by atoms with Gasteiger partial charge in [0, 0.05) is 11.1 Å². The molecule has 0 spiro atoms. The third-order valence-corrected chi connectivity index (χ3v) is 3.22. The third kappa shape index (κ3) is 1.20. The van der Waals surface area contributed by atoms with Gasteiger partial charge in [-0.25, -0.2) is 0 Å². The topological polar surface area (TPSA) is 0 Å². The lowest BCUT2D eigenvalue weighted by atomic mass is 9.81. The molecule has 0 radical (unpaired) electrons. The molecule has 1 aliphatic rings. The molecule has 4 heteroatoms. The lowest BCUT2D eigenvalue weighted by Crippen LogP contribution is -2.39. The highest BCUT2D eigenvalue weighted by molar-refractivity contribution is 5.75. The Morgan fingerprint density at radius 2 is 0.889 bits per heavy atom. The molecule has 0 unspecified atom stereocenters. The molecular formula is C14H8F4. The van der Waals surface area contributed by atoms with Crippen LogP contribution < -0.4 is 0 Å². The first-order valence-corrected chi connectivity index (χ1v) is 5.41. The molecule has 0 nitrogen and oxygen atoms in total. The van der Waals surface area contributed by atoms with Gasteiger partial charge >= 0.3 is 11.8 Å². The van der Waals surface area contributed by atoms with Crippen LogP contribution in [0.15, 0.2) is 48.5 Å². The van der Waals surface area contributed by atoms with Crippen molar-refractivity contribution in [3.8, 4) is 11.1 Å². The maximum absolute atomic E-state index is 13.9. The minimum absolute atomic E-state index is 0.170. The predicted octanol–water partition coefficient (Wildman–Crippen LogP) is 4.55. The van der Waals surface area contributed by atoms with Crippen LogP contribution in [0.3, 0.4) is 0 Å². The van der Waals surface area contributed by atoms with Crippen LogP contribution >= 0.6 is 0 Å². The SMILES string of the molecule is FC1(F)c2ccccc2-c2ccccc2C1(F)F. The van der Waals surface area contributed by atoms with Gasteiger partial charge in [0.1, 0.15) is 0 Å². The number of fused-ring (bicyclic) bond motifs is 3. The summed E-state index contributed by atoms with van der Waals surface area (Å²) in [5.41, 5.74) is -0.893. The second-order valence-corrected chi connectivity index (χ2v) is 4.24. The van der Waals surface area contributed by atoms with Gasteiger partial charge in [0.15, 0.2) is 0 Å². The third-order valence-electron chi connectivity index (χ3n) is 3.22. The number of halogens is 4. The molecule has 0 bridgehead atoms. The van der Waals surface area contributed by atoms with Crippen LogP contribution in [-0.4, -0.2) is 0 Å². The Kier molecular flexibility index (Phi) is 2.09. The Morgan fingerprint density at radius 1 is 0.556 bits per heavy atom.